The summed E-state index contributed by atoms with van der Waals surface area (Å²) in [5.41, 5.74) is 0.753. The van der Waals surface area contributed by atoms with Gasteiger partial charge in [-0.15, -0.1) is 11.6 Å². The summed E-state index contributed by atoms with van der Waals surface area (Å²) in [4.78, 5) is 14.1. The first-order valence-electron chi connectivity index (χ1n) is 5.81. The molecular formula is C13H15BrClNO. The van der Waals surface area contributed by atoms with Crippen molar-refractivity contribution in [2.45, 2.75) is 12.8 Å². The quantitative estimate of drug-likeness (QED) is 0.764. The number of carbonyl (C=O) groups is 1. The Hall–Kier alpha value is -0.540. The van der Waals surface area contributed by atoms with Crippen LogP contribution in [0.5, 0.6) is 0 Å². The fourth-order valence-electron chi connectivity index (χ4n) is 2.09. The number of hydrogen-bond donors (Lipinski definition) is 0. The number of carbonyl (C=O) groups excluding carboxylic acids is 1. The summed E-state index contributed by atoms with van der Waals surface area (Å²) in [7, 11) is 0. The van der Waals surface area contributed by atoms with Crippen molar-refractivity contribution in [3.63, 3.8) is 0 Å². The van der Waals surface area contributed by atoms with Crippen molar-refractivity contribution in [1.82, 2.24) is 4.90 Å². The summed E-state index contributed by atoms with van der Waals surface area (Å²) in [6.07, 6.45) is 2.03. The Morgan fingerprint density at radius 3 is 2.71 bits per heavy atom. The highest BCUT2D eigenvalue weighted by molar-refractivity contribution is 9.10. The van der Waals surface area contributed by atoms with Gasteiger partial charge in [-0.05, 0) is 37.0 Å². The smallest absolute Gasteiger partial charge is 0.253 e. The van der Waals surface area contributed by atoms with E-state index in [0.29, 0.717) is 11.8 Å². The molecule has 0 aliphatic carbocycles. The average Bonchev–Trinajstić information content (AvgIpc) is 2.38. The van der Waals surface area contributed by atoms with Crippen LogP contribution < -0.4 is 0 Å². The minimum absolute atomic E-state index is 0.124. The van der Waals surface area contributed by atoms with E-state index in [1.54, 1.807) is 0 Å². The van der Waals surface area contributed by atoms with E-state index in [1.165, 1.54) is 0 Å². The molecule has 0 saturated carbocycles. The van der Waals surface area contributed by atoms with Crippen LogP contribution in [0.3, 0.4) is 0 Å². The van der Waals surface area contributed by atoms with E-state index in [-0.39, 0.29) is 5.91 Å². The molecule has 1 aliphatic rings. The van der Waals surface area contributed by atoms with E-state index in [0.717, 1.165) is 36.0 Å². The summed E-state index contributed by atoms with van der Waals surface area (Å²) in [6, 6.07) is 7.55. The zero-order valence-corrected chi connectivity index (χ0v) is 11.9. The lowest BCUT2D eigenvalue weighted by molar-refractivity contribution is 0.0698. The van der Waals surface area contributed by atoms with E-state index >= 15 is 0 Å². The van der Waals surface area contributed by atoms with E-state index in [1.807, 2.05) is 29.2 Å². The number of halogens is 2. The molecule has 1 heterocycles. The number of likely N-dealkylation sites (tertiary alicyclic amines) is 1. The third-order valence-electron chi connectivity index (χ3n) is 3.19. The summed E-state index contributed by atoms with van der Waals surface area (Å²) >= 11 is 9.22. The second-order valence-electron chi connectivity index (χ2n) is 4.40. The molecule has 1 saturated heterocycles. The van der Waals surface area contributed by atoms with Crippen molar-refractivity contribution < 1.29 is 4.79 Å². The Morgan fingerprint density at radius 1 is 1.41 bits per heavy atom. The van der Waals surface area contributed by atoms with Gasteiger partial charge in [0.05, 0.1) is 0 Å². The first kappa shape index (κ1) is 12.9. The highest BCUT2D eigenvalue weighted by Crippen LogP contribution is 2.21. The van der Waals surface area contributed by atoms with Crippen molar-refractivity contribution in [2.24, 2.45) is 5.92 Å². The number of piperidine rings is 1. The first-order valence-corrected chi connectivity index (χ1v) is 7.14. The first-order chi connectivity index (χ1) is 8.20. The molecule has 0 atom stereocenters. The Morgan fingerprint density at radius 2 is 2.12 bits per heavy atom. The van der Waals surface area contributed by atoms with Crippen molar-refractivity contribution >= 4 is 33.4 Å². The highest BCUT2D eigenvalue weighted by atomic mass is 79.9. The summed E-state index contributed by atoms with van der Waals surface area (Å²) in [6.45, 7) is 1.64. The van der Waals surface area contributed by atoms with E-state index in [2.05, 4.69) is 15.9 Å². The van der Waals surface area contributed by atoms with Gasteiger partial charge in [0.25, 0.3) is 5.91 Å². The minimum Gasteiger partial charge on any atom is -0.339 e. The second kappa shape index (κ2) is 5.87. The van der Waals surface area contributed by atoms with Crippen LogP contribution in [0, 0.1) is 5.92 Å². The van der Waals surface area contributed by atoms with Gasteiger partial charge in [0.15, 0.2) is 0 Å². The Kier molecular flexibility index (Phi) is 4.46. The number of amides is 1. The van der Waals surface area contributed by atoms with Crippen LogP contribution in [0.15, 0.2) is 28.7 Å². The van der Waals surface area contributed by atoms with Crippen LogP contribution in [0.2, 0.25) is 0 Å². The highest BCUT2D eigenvalue weighted by Gasteiger charge is 2.22. The lowest BCUT2D eigenvalue weighted by Gasteiger charge is -2.31. The summed E-state index contributed by atoms with van der Waals surface area (Å²) < 4.78 is 0.944. The average molecular weight is 317 g/mol. The van der Waals surface area contributed by atoms with Gasteiger partial charge >= 0.3 is 0 Å². The van der Waals surface area contributed by atoms with Gasteiger partial charge in [-0.3, -0.25) is 4.79 Å². The van der Waals surface area contributed by atoms with Crippen LogP contribution in [-0.4, -0.2) is 29.8 Å². The van der Waals surface area contributed by atoms with Crippen LogP contribution in [0.25, 0.3) is 0 Å². The van der Waals surface area contributed by atoms with Gasteiger partial charge in [-0.1, -0.05) is 22.0 Å². The van der Waals surface area contributed by atoms with Crippen molar-refractivity contribution in [3.05, 3.63) is 34.3 Å². The maximum atomic E-state index is 12.2. The Bertz CT molecular complexity index is 402. The van der Waals surface area contributed by atoms with Gasteiger partial charge in [0.2, 0.25) is 0 Å². The summed E-state index contributed by atoms with van der Waals surface area (Å²) in [5.74, 6) is 1.40. The van der Waals surface area contributed by atoms with Gasteiger partial charge in [0.1, 0.15) is 0 Å². The van der Waals surface area contributed by atoms with Crippen molar-refractivity contribution in [1.29, 1.82) is 0 Å². The molecule has 0 radical (unpaired) electrons. The number of hydrogen-bond acceptors (Lipinski definition) is 1. The van der Waals surface area contributed by atoms with Crippen LogP contribution in [-0.2, 0) is 0 Å². The number of rotatable bonds is 2. The van der Waals surface area contributed by atoms with E-state index < -0.39 is 0 Å². The molecule has 0 spiro atoms. The Labute approximate surface area is 115 Å². The maximum absolute atomic E-state index is 12.2. The topological polar surface area (TPSA) is 20.3 Å². The molecule has 0 N–H and O–H groups in total. The largest absolute Gasteiger partial charge is 0.339 e. The zero-order valence-electron chi connectivity index (χ0n) is 9.53. The number of nitrogens with zero attached hydrogens (tertiary/aromatic N) is 1. The summed E-state index contributed by atoms with van der Waals surface area (Å²) in [5, 5.41) is 0. The monoisotopic (exact) mass is 315 g/mol. The fourth-order valence-corrected chi connectivity index (χ4v) is 2.80. The molecule has 1 fully saturated rings. The number of benzene rings is 1. The van der Waals surface area contributed by atoms with Crippen LogP contribution >= 0.6 is 27.5 Å². The predicted octanol–water partition coefficient (Wildman–Crippen LogP) is 3.54. The normalized spacial score (nSPS) is 17.2. The molecule has 0 aromatic heterocycles. The standard InChI is InChI=1S/C13H15BrClNO/c14-12-3-1-2-11(8-12)13(17)16-6-4-10(9-15)5-7-16/h1-3,8,10H,4-7,9H2. The molecule has 0 bridgehead atoms. The molecule has 92 valence electrons. The Balaban J connectivity index is 2.02. The third kappa shape index (κ3) is 3.23. The van der Waals surface area contributed by atoms with Gasteiger partial charge in [0, 0.05) is 29.0 Å². The lowest BCUT2D eigenvalue weighted by Crippen LogP contribution is -2.38. The third-order valence-corrected chi connectivity index (χ3v) is 4.12. The fraction of sp³-hybridized carbons (Fsp3) is 0.462. The molecular weight excluding hydrogens is 302 g/mol. The molecule has 1 amide bonds. The molecule has 4 heteroatoms. The van der Waals surface area contributed by atoms with Gasteiger partial charge < -0.3 is 4.90 Å². The molecule has 0 unspecified atom stereocenters. The van der Waals surface area contributed by atoms with Crippen LogP contribution in [0.4, 0.5) is 0 Å². The molecule has 2 rings (SSSR count). The van der Waals surface area contributed by atoms with Crippen molar-refractivity contribution in [2.75, 3.05) is 19.0 Å². The number of alkyl halides is 1. The minimum atomic E-state index is 0.124. The zero-order chi connectivity index (χ0) is 12.3. The van der Waals surface area contributed by atoms with Crippen molar-refractivity contribution in [3.8, 4) is 0 Å². The molecule has 1 aliphatic heterocycles. The maximum Gasteiger partial charge on any atom is 0.253 e. The van der Waals surface area contributed by atoms with Gasteiger partial charge in [-0.2, -0.15) is 0 Å². The van der Waals surface area contributed by atoms with Crippen LogP contribution in [0.1, 0.15) is 23.2 Å². The van der Waals surface area contributed by atoms with E-state index in [4.69, 9.17) is 11.6 Å². The lowest BCUT2D eigenvalue weighted by atomic mass is 9.98. The molecule has 1 aromatic carbocycles. The SMILES string of the molecule is O=C(c1cccc(Br)c1)N1CCC(CCl)CC1. The van der Waals surface area contributed by atoms with E-state index in [9.17, 15) is 4.79 Å². The second-order valence-corrected chi connectivity index (χ2v) is 5.62. The van der Waals surface area contributed by atoms with Gasteiger partial charge in [-0.25, -0.2) is 0 Å². The molecule has 17 heavy (non-hydrogen) atoms. The predicted molar refractivity (Wildman–Crippen MR) is 73.5 cm³/mol. The molecule has 2 nitrogen and oxygen atoms in total. The molecule has 1 aromatic rings.